The summed E-state index contributed by atoms with van der Waals surface area (Å²) >= 11 is 1.59. The van der Waals surface area contributed by atoms with Crippen molar-refractivity contribution in [1.29, 1.82) is 0 Å². The highest BCUT2D eigenvalue weighted by Gasteiger charge is 2.34. The van der Waals surface area contributed by atoms with E-state index in [1.54, 1.807) is 23.5 Å². The summed E-state index contributed by atoms with van der Waals surface area (Å²) in [5, 5.41) is 1.33. The molecular weight excluding hydrogens is 499 g/mol. The van der Waals surface area contributed by atoms with Crippen LogP contribution in [0.5, 0.6) is 0 Å². The molecule has 0 radical (unpaired) electrons. The van der Waals surface area contributed by atoms with Gasteiger partial charge in [-0.25, -0.2) is 4.39 Å². The molecule has 1 atom stereocenters. The van der Waals surface area contributed by atoms with Crippen molar-refractivity contribution in [1.82, 2.24) is 0 Å². The molecule has 0 aliphatic rings. The molecule has 5 heteroatoms. The van der Waals surface area contributed by atoms with Gasteiger partial charge in [0, 0.05) is 26.2 Å². The van der Waals surface area contributed by atoms with Gasteiger partial charge in [0.15, 0.2) is 27.3 Å². The Balaban J connectivity index is 1.77. The second-order valence-corrected chi connectivity index (χ2v) is 12.9. The third kappa shape index (κ3) is 4.74. The zero-order valence-corrected chi connectivity index (χ0v) is 22.9. The van der Waals surface area contributed by atoms with Crippen molar-refractivity contribution in [3.8, 4) is 0 Å². The largest absolute Gasteiger partial charge is 0.298 e. The molecule has 0 N–H and O–H groups in total. The van der Waals surface area contributed by atoms with Gasteiger partial charge in [-0.2, -0.15) is 0 Å². The molecule has 0 aliphatic carbocycles. The van der Waals surface area contributed by atoms with Gasteiger partial charge < -0.3 is 0 Å². The first-order valence-electron chi connectivity index (χ1n) is 12.4. The van der Waals surface area contributed by atoms with Crippen LogP contribution in [0.15, 0.2) is 98.3 Å². The molecular formula is C32H28FO2S2+. The lowest BCUT2D eigenvalue weighted by Crippen LogP contribution is -2.11. The fraction of sp³-hybridized carbons (Fsp3) is 0.188. The van der Waals surface area contributed by atoms with E-state index in [4.69, 9.17) is 0 Å². The highest BCUT2D eigenvalue weighted by molar-refractivity contribution is 7.97. The van der Waals surface area contributed by atoms with Gasteiger partial charge in [0.1, 0.15) is 10.9 Å². The minimum absolute atomic E-state index is 0.0176. The number of rotatable bonds is 6. The molecule has 0 saturated carbocycles. The number of hydrogen-bond acceptors (Lipinski definition) is 3. The average molecular weight is 528 g/mol. The number of benzene rings is 4. The van der Waals surface area contributed by atoms with Gasteiger partial charge in [-0.1, -0.05) is 52.0 Å². The second kappa shape index (κ2) is 10.2. The van der Waals surface area contributed by atoms with Crippen molar-refractivity contribution in [2.24, 2.45) is 0 Å². The van der Waals surface area contributed by atoms with Crippen molar-refractivity contribution >= 4 is 48.7 Å². The summed E-state index contributed by atoms with van der Waals surface area (Å²) in [6.45, 7) is 8.30. The summed E-state index contributed by atoms with van der Waals surface area (Å²) < 4.78 is 17.5. The van der Waals surface area contributed by atoms with Gasteiger partial charge in [0.25, 0.3) is 0 Å². The SMILES string of the molecule is CC(C)c1ccc([S+](c2ccc3sc4ccc(C(C)C)cc4c(=O)c3c2)c2ccccc2C=O)c(F)c1. The molecule has 1 unspecified atom stereocenters. The van der Waals surface area contributed by atoms with E-state index in [-0.39, 0.29) is 17.2 Å². The fourth-order valence-corrected chi connectivity index (χ4v) is 7.76. The topological polar surface area (TPSA) is 34.1 Å². The van der Waals surface area contributed by atoms with E-state index in [1.165, 1.54) is 0 Å². The van der Waals surface area contributed by atoms with Gasteiger partial charge in [0.05, 0.1) is 5.56 Å². The number of aldehydes is 1. The van der Waals surface area contributed by atoms with E-state index in [2.05, 4.69) is 19.9 Å². The van der Waals surface area contributed by atoms with Crippen LogP contribution >= 0.6 is 11.3 Å². The van der Waals surface area contributed by atoms with Crippen LogP contribution in [0, 0.1) is 5.82 Å². The van der Waals surface area contributed by atoms with Crippen LogP contribution < -0.4 is 5.43 Å². The molecule has 1 heterocycles. The lowest BCUT2D eigenvalue weighted by Gasteiger charge is -2.13. The smallest absolute Gasteiger partial charge is 0.202 e. The first-order chi connectivity index (χ1) is 17.8. The number of hydrogen-bond donors (Lipinski definition) is 0. The third-order valence-corrected chi connectivity index (χ3v) is 10.1. The highest BCUT2D eigenvalue weighted by Crippen LogP contribution is 2.37. The van der Waals surface area contributed by atoms with Gasteiger partial charge in [0.2, 0.25) is 4.90 Å². The molecule has 0 saturated heterocycles. The average Bonchev–Trinajstić information content (AvgIpc) is 2.90. The number of carbonyl (C=O) groups is 1. The van der Waals surface area contributed by atoms with Crippen molar-refractivity contribution in [3.05, 3.63) is 112 Å². The van der Waals surface area contributed by atoms with E-state index in [0.717, 1.165) is 36.6 Å². The predicted octanol–water partition coefficient (Wildman–Crippen LogP) is 8.71. The Bertz CT molecular complexity index is 1700. The molecule has 0 bridgehead atoms. The van der Waals surface area contributed by atoms with E-state index < -0.39 is 10.9 Å². The molecule has 0 aliphatic heterocycles. The van der Waals surface area contributed by atoms with Gasteiger partial charge in [-0.15, -0.1) is 11.3 Å². The van der Waals surface area contributed by atoms with Crippen molar-refractivity contribution in [2.75, 3.05) is 0 Å². The maximum Gasteiger partial charge on any atom is 0.202 e. The van der Waals surface area contributed by atoms with Crippen LogP contribution in [-0.4, -0.2) is 6.29 Å². The molecule has 5 aromatic rings. The Labute approximate surface area is 223 Å². The number of carbonyl (C=O) groups excluding carboxylic acids is 1. The van der Waals surface area contributed by atoms with E-state index in [9.17, 15) is 9.59 Å². The van der Waals surface area contributed by atoms with Crippen LogP contribution in [0.1, 0.15) is 61.0 Å². The number of halogens is 1. The van der Waals surface area contributed by atoms with Crippen LogP contribution in [0.3, 0.4) is 0 Å². The van der Waals surface area contributed by atoms with Crippen molar-refractivity contribution in [3.63, 3.8) is 0 Å². The lowest BCUT2D eigenvalue weighted by molar-refractivity contribution is 0.112. The maximum absolute atomic E-state index is 15.6. The fourth-order valence-electron chi connectivity index (χ4n) is 4.52. The minimum atomic E-state index is -0.909. The lowest BCUT2D eigenvalue weighted by atomic mass is 10.0. The second-order valence-electron chi connectivity index (χ2n) is 9.81. The summed E-state index contributed by atoms with van der Waals surface area (Å²) in [5.41, 5.74) is 2.54. The molecule has 5 rings (SSSR count). The Morgan fingerprint density at radius 2 is 1.38 bits per heavy atom. The zero-order chi connectivity index (χ0) is 26.3. The van der Waals surface area contributed by atoms with Crippen molar-refractivity contribution < 1.29 is 9.18 Å². The Kier molecular flexibility index (Phi) is 7.02. The molecule has 4 aromatic carbocycles. The quantitative estimate of drug-likeness (QED) is 0.126. The van der Waals surface area contributed by atoms with Crippen LogP contribution in [-0.2, 0) is 10.9 Å². The van der Waals surface area contributed by atoms with Crippen LogP contribution in [0.25, 0.3) is 20.2 Å². The van der Waals surface area contributed by atoms with Gasteiger partial charge >= 0.3 is 0 Å². The molecule has 0 fully saturated rings. The van der Waals surface area contributed by atoms with Crippen LogP contribution in [0.2, 0.25) is 0 Å². The normalized spacial score (nSPS) is 12.5. The summed E-state index contributed by atoms with van der Waals surface area (Å²) in [5.74, 6) is 0.209. The molecule has 0 spiro atoms. The maximum atomic E-state index is 15.6. The predicted molar refractivity (Wildman–Crippen MR) is 154 cm³/mol. The molecule has 37 heavy (non-hydrogen) atoms. The number of fused-ring (bicyclic) bond motifs is 2. The summed E-state index contributed by atoms with van der Waals surface area (Å²) in [6, 6.07) is 24.6. The minimum Gasteiger partial charge on any atom is -0.298 e. The third-order valence-electron chi connectivity index (χ3n) is 6.67. The van der Waals surface area contributed by atoms with E-state index in [0.29, 0.717) is 27.1 Å². The van der Waals surface area contributed by atoms with Gasteiger partial charge in [-0.3, -0.25) is 9.59 Å². The Morgan fingerprint density at radius 3 is 2.05 bits per heavy atom. The van der Waals surface area contributed by atoms with E-state index in [1.807, 2.05) is 74.5 Å². The molecule has 0 amide bonds. The van der Waals surface area contributed by atoms with Crippen molar-refractivity contribution in [2.45, 2.75) is 54.2 Å². The first kappa shape index (κ1) is 25.4. The standard InChI is InChI=1S/C32H28FO2S2/c1-19(2)21-9-12-28-25(15-21)32(35)26-17-24(11-13-29(26)36-28)37(30-8-6-5-7-23(30)18-34)31-14-10-22(20(3)4)16-27(31)33/h5-20H,1-4H3/q+1. The Hall–Kier alpha value is -3.28. The molecule has 1 aromatic heterocycles. The molecule has 2 nitrogen and oxygen atoms in total. The first-order valence-corrected chi connectivity index (χ1v) is 14.4. The summed E-state index contributed by atoms with van der Waals surface area (Å²) in [7, 11) is -0.909. The molecule has 186 valence electrons. The zero-order valence-electron chi connectivity index (χ0n) is 21.2. The van der Waals surface area contributed by atoms with E-state index >= 15 is 4.39 Å². The summed E-state index contributed by atoms with van der Waals surface area (Å²) in [4.78, 5) is 27.7. The van der Waals surface area contributed by atoms with Gasteiger partial charge in [-0.05, 0) is 71.5 Å². The summed E-state index contributed by atoms with van der Waals surface area (Å²) in [6.07, 6.45) is 0.818. The van der Waals surface area contributed by atoms with Crippen LogP contribution in [0.4, 0.5) is 4.39 Å². The Morgan fingerprint density at radius 1 is 0.757 bits per heavy atom. The monoisotopic (exact) mass is 527 g/mol. The highest BCUT2D eigenvalue weighted by atomic mass is 32.2.